The van der Waals surface area contributed by atoms with Gasteiger partial charge in [0.2, 0.25) is 0 Å². The highest BCUT2D eigenvalue weighted by molar-refractivity contribution is 8.13. The maximum absolute atomic E-state index is 13.0. The molecule has 3 aromatic rings. The number of fused-ring (bicyclic) bond motifs is 1. The van der Waals surface area contributed by atoms with Crippen LogP contribution in [-0.2, 0) is 0 Å². The molecule has 0 fully saturated rings. The number of amidine groups is 1. The van der Waals surface area contributed by atoms with Crippen LogP contribution in [0.5, 0.6) is 0 Å². The van der Waals surface area contributed by atoms with Gasteiger partial charge in [-0.15, -0.1) is 10.2 Å². The molecule has 1 N–H and O–H groups in total. The Kier molecular flexibility index (Phi) is 4.44. The van der Waals surface area contributed by atoms with E-state index in [1.54, 1.807) is 12.1 Å². The van der Waals surface area contributed by atoms with E-state index in [0.29, 0.717) is 22.1 Å². The molecule has 0 aliphatic carbocycles. The first-order valence-electron chi connectivity index (χ1n) is 7.02. The lowest BCUT2D eigenvalue weighted by atomic mass is 10.2. The summed E-state index contributed by atoms with van der Waals surface area (Å²) >= 11 is 1.35. The fraction of sp³-hybridized carbons (Fsp3) is 0.125. The number of thioether (sulfide) groups is 1. The van der Waals surface area contributed by atoms with Crippen LogP contribution in [0.25, 0.3) is 16.7 Å². The first-order valence-corrected chi connectivity index (χ1v) is 8.24. The van der Waals surface area contributed by atoms with E-state index in [9.17, 15) is 4.39 Å². The number of halogens is 1. The molecule has 0 saturated heterocycles. The monoisotopic (exact) mass is 340 g/mol. The standard InChI is InChI=1S/C16H13FN6S/c1-10-7-14-15(8-13(10)20-16(24-2)19-9-18)22-23(21-14)12-5-3-11(17)4-6-12/h3-8H,1-2H3,(H,19,20). The molecule has 6 nitrogen and oxygen atoms in total. The number of nitrogens with one attached hydrogen (secondary N) is 1. The number of aromatic nitrogens is 3. The molecule has 0 aliphatic heterocycles. The van der Waals surface area contributed by atoms with Gasteiger partial charge in [-0.3, -0.25) is 5.32 Å². The van der Waals surface area contributed by atoms with Crippen molar-refractivity contribution in [2.24, 2.45) is 4.99 Å². The van der Waals surface area contributed by atoms with Gasteiger partial charge in [-0.25, -0.2) is 9.38 Å². The molecule has 120 valence electrons. The van der Waals surface area contributed by atoms with Gasteiger partial charge in [0.1, 0.15) is 16.9 Å². The summed E-state index contributed by atoms with van der Waals surface area (Å²) < 4.78 is 13.0. The predicted molar refractivity (Wildman–Crippen MR) is 92.9 cm³/mol. The molecule has 0 atom stereocenters. The number of rotatable bonds is 2. The summed E-state index contributed by atoms with van der Waals surface area (Å²) in [6, 6.07) is 9.65. The van der Waals surface area contributed by atoms with Crippen molar-refractivity contribution < 1.29 is 4.39 Å². The summed E-state index contributed by atoms with van der Waals surface area (Å²) in [7, 11) is 0. The Morgan fingerprint density at radius 1 is 1.25 bits per heavy atom. The molecule has 8 heteroatoms. The summed E-state index contributed by atoms with van der Waals surface area (Å²) in [5.41, 5.74) is 3.68. The highest BCUT2D eigenvalue weighted by Crippen LogP contribution is 2.25. The third-order valence-corrected chi connectivity index (χ3v) is 3.91. The van der Waals surface area contributed by atoms with E-state index in [1.165, 1.54) is 28.7 Å². The van der Waals surface area contributed by atoms with Crippen LogP contribution in [0.4, 0.5) is 10.1 Å². The van der Waals surface area contributed by atoms with Crippen molar-refractivity contribution in [3.05, 3.63) is 47.8 Å². The molecule has 2 aromatic carbocycles. The average Bonchev–Trinajstić information content (AvgIpc) is 2.98. The number of hydrogen-bond acceptors (Lipinski definition) is 5. The molecular formula is C16H13FN6S. The summed E-state index contributed by atoms with van der Waals surface area (Å²) in [6.07, 6.45) is 3.70. The van der Waals surface area contributed by atoms with Crippen LogP contribution in [0.3, 0.4) is 0 Å². The van der Waals surface area contributed by atoms with Crippen molar-refractivity contribution in [2.45, 2.75) is 6.92 Å². The van der Waals surface area contributed by atoms with Crippen LogP contribution in [0.15, 0.2) is 41.4 Å². The average molecular weight is 340 g/mol. The Morgan fingerprint density at radius 2 is 1.92 bits per heavy atom. The summed E-state index contributed by atoms with van der Waals surface area (Å²) in [4.78, 5) is 5.89. The van der Waals surface area contributed by atoms with Gasteiger partial charge in [0.25, 0.3) is 0 Å². The first kappa shape index (κ1) is 16.0. The van der Waals surface area contributed by atoms with Crippen molar-refractivity contribution in [2.75, 3.05) is 6.26 Å². The van der Waals surface area contributed by atoms with E-state index in [0.717, 1.165) is 11.1 Å². The Morgan fingerprint density at radius 3 is 2.54 bits per heavy atom. The third-order valence-electron chi connectivity index (χ3n) is 3.33. The minimum atomic E-state index is -0.308. The maximum Gasteiger partial charge on any atom is 0.183 e. The van der Waals surface area contributed by atoms with E-state index in [-0.39, 0.29) is 5.82 Å². The number of nitriles is 1. The van der Waals surface area contributed by atoms with E-state index in [2.05, 4.69) is 20.5 Å². The molecule has 0 spiro atoms. The number of nitrogens with zero attached hydrogens (tertiary/aromatic N) is 5. The van der Waals surface area contributed by atoms with E-state index in [1.807, 2.05) is 31.5 Å². The van der Waals surface area contributed by atoms with Crippen LogP contribution in [0.1, 0.15) is 5.56 Å². The number of benzene rings is 2. The van der Waals surface area contributed by atoms with Crippen molar-refractivity contribution in [3.8, 4) is 11.9 Å². The SMILES string of the molecule is CSC(=Nc1cc2nn(-c3ccc(F)cc3)nc2cc1C)NC#N. The molecule has 3 rings (SSSR count). The van der Waals surface area contributed by atoms with E-state index in [4.69, 9.17) is 5.26 Å². The van der Waals surface area contributed by atoms with Crippen molar-refractivity contribution >= 4 is 33.7 Å². The minimum Gasteiger partial charge on any atom is -0.271 e. The van der Waals surface area contributed by atoms with Crippen LogP contribution >= 0.6 is 11.8 Å². The molecule has 1 aromatic heterocycles. The Labute approximate surface area is 142 Å². The Bertz CT molecular complexity index is 955. The molecule has 0 amide bonds. The van der Waals surface area contributed by atoms with Crippen molar-refractivity contribution in [1.82, 2.24) is 20.3 Å². The van der Waals surface area contributed by atoms with Crippen molar-refractivity contribution in [3.63, 3.8) is 0 Å². The van der Waals surface area contributed by atoms with Gasteiger partial charge in [-0.05, 0) is 55.1 Å². The zero-order chi connectivity index (χ0) is 17.1. The molecule has 1 heterocycles. The summed E-state index contributed by atoms with van der Waals surface area (Å²) in [5, 5.41) is 20.6. The van der Waals surface area contributed by atoms with Gasteiger partial charge >= 0.3 is 0 Å². The van der Waals surface area contributed by atoms with E-state index >= 15 is 0 Å². The second-order valence-corrected chi connectivity index (χ2v) is 5.75. The molecule has 0 radical (unpaired) electrons. The topological polar surface area (TPSA) is 78.9 Å². The van der Waals surface area contributed by atoms with Gasteiger partial charge in [0, 0.05) is 0 Å². The summed E-state index contributed by atoms with van der Waals surface area (Å²) in [6.45, 7) is 1.92. The molecule has 0 aliphatic rings. The van der Waals surface area contributed by atoms with Crippen molar-refractivity contribution in [1.29, 1.82) is 5.26 Å². The van der Waals surface area contributed by atoms with Gasteiger partial charge in [0.15, 0.2) is 11.4 Å². The Balaban J connectivity index is 2.05. The fourth-order valence-electron chi connectivity index (χ4n) is 2.15. The lowest BCUT2D eigenvalue weighted by molar-refractivity contribution is 0.626. The largest absolute Gasteiger partial charge is 0.271 e. The number of hydrogen-bond donors (Lipinski definition) is 1. The number of aliphatic imine (C=N–C) groups is 1. The highest BCUT2D eigenvalue weighted by Gasteiger charge is 2.09. The van der Waals surface area contributed by atoms with Gasteiger partial charge in [-0.1, -0.05) is 11.8 Å². The predicted octanol–water partition coefficient (Wildman–Crippen LogP) is 3.29. The molecule has 0 saturated carbocycles. The van der Waals surface area contributed by atoms with Crippen LogP contribution in [-0.4, -0.2) is 26.4 Å². The second kappa shape index (κ2) is 6.68. The molecule has 0 unspecified atom stereocenters. The van der Waals surface area contributed by atoms with Crippen LogP contribution in [0.2, 0.25) is 0 Å². The highest BCUT2D eigenvalue weighted by atomic mass is 32.2. The molecule has 0 bridgehead atoms. The van der Waals surface area contributed by atoms with Gasteiger partial charge in [0.05, 0.1) is 11.4 Å². The van der Waals surface area contributed by atoms with Crippen LogP contribution in [0, 0.1) is 24.2 Å². The summed E-state index contributed by atoms with van der Waals surface area (Å²) in [5.74, 6) is -0.308. The first-order chi connectivity index (χ1) is 11.6. The lowest BCUT2D eigenvalue weighted by Crippen LogP contribution is -2.12. The quantitative estimate of drug-likeness (QED) is 0.335. The molecular weight excluding hydrogens is 327 g/mol. The zero-order valence-electron chi connectivity index (χ0n) is 13.0. The Hall–Kier alpha value is -2.92. The van der Waals surface area contributed by atoms with Crippen LogP contribution < -0.4 is 5.32 Å². The lowest BCUT2D eigenvalue weighted by Gasteiger charge is -2.02. The van der Waals surface area contributed by atoms with Gasteiger partial charge < -0.3 is 0 Å². The zero-order valence-corrected chi connectivity index (χ0v) is 13.8. The number of aryl methyl sites for hydroxylation is 1. The maximum atomic E-state index is 13.0. The third kappa shape index (κ3) is 3.21. The van der Waals surface area contributed by atoms with Gasteiger partial charge in [-0.2, -0.15) is 10.1 Å². The fourth-order valence-corrected chi connectivity index (χ4v) is 2.49. The second-order valence-electron chi connectivity index (χ2n) is 4.95. The normalized spacial score (nSPS) is 11.5. The van der Waals surface area contributed by atoms with E-state index < -0.39 is 0 Å². The minimum absolute atomic E-state index is 0.308. The smallest absolute Gasteiger partial charge is 0.183 e. The molecule has 24 heavy (non-hydrogen) atoms.